The van der Waals surface area contributed by atoms with Gasteiger partial charge in [-0.05, 0) is 39.7 Å². The zero-order chi connectivity index (χ0) is 11.4. The van der Waals surface area contributed by atoms with Gasteiger partial charge in [-0.2, -0.15) is 0 Å². The second kappa shape index (κ2) is 5.48. The van der Waals surface area contributed by atoms with E-state index in [9.17, 15) is 0 Å². The lowest BCUT2D eigenvalue weighted by atomic mass is 10.2. The van der Waals surface area contributed by atoms with Crippen molar-refractivity contribution in [2.75, 3.05) is 0 Å². The number of halogens is 1. The van der Waals surface area contributed by atoms with E-state index in [1.54, 1.807) is 23.5 Å². The third-order valence-electron chi connectivity index (χ3n) is 2.19. The van der Waals surface area contributed by atoms with Crippen LogP contribution in [0.1, 0.15) is 10.4 Å². The van der Waals surface area contributed by atoms with E-state index in [0.29, 0.717) is 5.75 Å². The molecule has 2 aromatic rings. The molecule has 1 aromatic carbocycles. The summed E-state index contributed by atoms with van der Waals surface area (Å²) in [5.74, 6) is 0.311. The van der Waals surface area contributed by atoms with Crippen LogP contribution in [-0.2, 0) is 13.1 Å². The summed E-state index contributed by atoms with van der Waals surface area (Å²) in [6.45, 7) is 1.69. The molecule has 0 saturated heterocycles. The van der Waals surface area contributed by atoms with Gasteiger partial charge in [0.2, 0.25) is 0 Å². The minimum Gasteiger partial charge on any atom is -0.508 e. The smallest absolute Gasteiger partial charge is 0.115 e. The Labute approximate surface area is 107 Å². The van der Waals surface area contributed by atoms with E-state index >= 15 is 0 Å². The van der Waals surface area contributed by atoms with Gasteiger partial charge in [-0.3, -0.25) is 0 Å². The number of hydrogen-bond donors (Lipinski definition) is 2. The van der Waals surface area contributed by atoms with E-state index in [1.807, 2.05) is 12.1 Å². The standard InChI is InChI=1S/C12H12BrNOS/c13-10-5-12(16-8-10)7-14-6-9-1-3-11(15)4-2-9/h1-5,8,14-15H,6-7H2. The second-order valence-corrected chi connectivity index (χ2v) is 5.41. The fourth-order valence-electron chi connectivity index (χ4n) is 1.39. The van der Waals surface area contributed by atoms with Crippen molar-refractivity contribution in [3.63, 3.8) is 0 Å². The highest BCUT2D eigenvalue weighted by Gasteiger charge is 1.97. The molecule has 1 heterocycles. The molecule has 84 valence electrons. The molecule has 2 nitrogen and oxygen atoms in total. The average molecular weight is 298 g/mol. The summed E-state index contributed by atoms with van der Waals surface area (Å²) in [5, 5.41) is 14.6. The van der Waals surface area contributed by atoms with Crippen LogP contribution in [0, 0.1) is 0 Å². The minimum absolute atomic E-state index is 0.311. The Morgan fingerprint density at radius 3 is 2.56 bits per heavy atom. The Balaban J connectivity index is 1.82. The molecule has 0 aliphatic rings. The Bertz CT molecular complexity index is 452. The van der Waals surface area contributed by atoms with Crippen LogP contribution >= 0.6 is 27.3 Å². The maximum Gasteiger partial charge on any atom is 0.115 e. The highest BCUT2D eigenvalue weighted by Crippen LogP contribution is 2.19. The van der Waals surface area contributed by atoms with Gasteiger partial charge in [0, 0.05) is 27.8 Å². The first-order valence-electron chi connectivity index (χ1n) is 4.95. The molecule has 2 N–H and O–H groups in total. The number of nitrogens with one attached hydrogen (secondary N) is 1. The predicted octanol–water partition coefficient (Wildman–Crippen LogP) is 3.51. The van der Waals surface area contributed by atoms with Crippen molar-refractivity contribution >= 4 is 27.3 Å². The van der Waals surface area contributed by atoms with Crippen LogP contribution in [0.3, 0.4) is 0 Å². The van der Waals surface area contributed by atoms with Gasteiger partial charge in [-0.25, -0.2) is 0 Å². The molecular formula is C12H12BrNOS. The van der Waals surface area contributed by atoms with Crippen molar-refractivity contribution in [3.8, 4) is 5.75 Å². The van der Waals surface area contributed by atoms with Crippen LogP contribution in [0.25, 0.3) is 0 Å². The first-order valence-corrected chi connectivity index (χ1v) is 6.63. The number of benzene rings is 1. The van der Waals surface area contributed by atoms with E-state index in [4.69, 9.17) is 5.11 Å². The van der Waals surface area contributed by atoms with Gasteiger partial charge in [-0.15, -0.1) is 11.3 Å². The van der Waals surface area contributed by atoms with Crippen LogP contribution in [0.4, 0.5) is 0 Å². The topological polar surface area (TPSA) is 32.3 Å². The molecule has 0 bridgehead atoms. The molecule has 0 fully saturated rings. The van der Waals surface area contributed by atoms with Crippen molar-refractivity contribution in [2.24, 2.45) is 0 Å². The monoisotopic (exact) mass is 297 g/mol. The van der Waals surface area contributed by atoms with E-state index < -0.39 is 0 Å². The van der Waals surface area contributed by atoms with E-state index in [1.165, 1.54) is 10.4 Å². The average Bonchev–Trinajstić information content (AvgIpc) is 2.67. The SMILES string of the molecule is Oc1ccc(CNCc2cc(Br)cs2)cc1. The van der Waals surface area contributed by atoms with Crippen molar-refractivity contribution in [2.45, 2.75) is 13.1 Å². The molecule has 0 radical (unpaired) electrons. The molecule has 4 heteroatoms. The summed E-state index contributed by atoms with van der Waals surface area (Å²) in [7, 11) is 0. The highest BCUT2D eigenvalue weighted by molar-refractivity contribution is 9.10. The summed E-state index contributed by atoms with van der Waals surface area (Å²) >= 11 is 5.17. The van der Waals surface area contributed by atoms with Crippen LogP contribution < -0.4 is 5.32 Å². The molecule has 0 spiro atoms. The van der Waals surface area contributed by atoms with Gasteiger partial charge in [0.1, 0.15) is 5.75 Å². The van der Waals surface area contributed by atoms with Crippen LogP contribution in [-0.4, -0.2) is 5.11 Å². The maximum absolute atomic E-state index is 9.14. The number of phenols is 1. The number of rotatable bonds is 4. The molecule has 0 aliphatic heterocycles. The Morgan fingerprint density at radius 2 is 1.94 bits per heavy atom. The van der Waals surface area contributed by atoms with Crippen LogP contribution in [0.5, 0.6) is 5.75 Å². The van der Waals surface area contributed by atoms with Crippen LogP contribution in [0.15, 0.2) is 40.2 Å². The van der Waals surface area contributed by atoms with Crippen molar-refractivity contribution in [1.82, 2.24) is 5.32 Å². The lowest BCUT2D eigenvalue weighted by Gasteiger charge is -2.03. The van der Waals surface area contributed by atoms with Crippen molar-refractivity contribution in [3.05, 3.63) is 50.6 Å². The normalized spacial score (nSPS) is 10.6. The third-order valence-corrected chi connectivity index (χ3v) is 3.88. The molecule has 0 unspecified atom stereocenters. The Morgan fingerprint density at radius 1 is 1.19 bits per heavy atom. The summed E-state index contributed by atoms with van der Waals surface area (Å²) in [4.78, 5) is 1.31. The number of aromatic hydroxyl groups is 1. The third kappa shape index (κ3) is 3.33. The first kappa shape index (κ1) is 11.6. The molecule has 16 heavy (non-hydrogen) atoms. The largest absolute Gasteiger partial charge is 0.508 e. The Hall–Kier alpha value is -0.840. The van der Waals surface area contributed by atoms with E-state index in [-0.39, 0.29) is 0 Å². The van der Waals surface area contributed by atoms with E-state index in [2.05, 4.69) is 32.7 Å². The van der Waals surface area contributed by atoms with E-state index in [0.717, 1.165) is 17.6 Å². The van der Waals surface area contributed by atoms with Gasteiger partial charge in [0.05, 0.1) is 0 Å². The molecule has 0 aliphatic carbocycles. The molecule has 0 amide bonds. The molecule has 0 atom stereocenters. The first-order chi connectivity index (χ1) is 7.74. The van der Waals surface area contributed by atoms with Crippen LogP contribution in [0.2, 0.25) is 0 Å². The summed E-state index contributed by atoms with van der Waals surface area (Å²) < 4.78 is 1.14. The van der Waals surface area contributed by atoms with Gasteiger partial charge in [-0.1, -0.05) is 12.1 Å². The maximum atomic E-state index is 9.14. The summed E-state index contributed by atoms with van der Waals surface area (Å²) in [6.07, 6.45) is 0. The quantitative estimate of drug-likeness (QED) is 0.905. The fraction of sp³-hybridized carbons (Fsp3) is 0.167. The molecule has 1 aromatic heterocycles. The Kier molecular flexibility index (Phi) is 3.98. The zero-order valence-electron chi connectivity index (χ0n) is 8.61. The number of hydrogen-bond acceptors (Lipinski definition) is 3. The molecule has 0 saturated carbocycles. The van der Waals surface area contributed by atoms with Crippen molar-refractivity contribution in [1.29, 1.82) is 0 Å². The van der Waals surface area contributed by atoms with Gasteiger partial charge in [0.25, 0.3) is 0 Å². The molecule has 2 rings (SSSR count). The number of thiophene rings is 1. The van der Waals surface area contributed by atoms with Gasteiger partial charge < -0.3 is 10.4 Å². The van der Waals surface area contributed by atoms with Crippen molar-refractivity contribution < 1.29 is 5.11 Å². The minimum atomic E-state index is 0.311. The zero-order valence-corrected chi connectivity index (χ0v) is 11.0. The number of phenolic OH excluding ortho intramolecular Hbond substituents is 1. The fourth-order valence-corrected chi connectivity index (χ4v) is 2.81. The summed E-state index contributed by atoms with van der Waals surface area (Å²) in [6, 6.07) is 9.38. The predicted molar refractivity (Wildman–Crippen MR) is 70.7 cm³/mol. The highest BCUT2D eigenvalue weighted by atomic mass is 79.9. The lowest BCUT2D eigenvalue weighted by molar-refractivity contribution is 0.475. The van der Waals surface area contributed by atoms with Gasteiger partial charge >= 0.3 is 0 Å². The summed E-state index contributed by atoms with van der Waals surface area (Å²) in [5.41, 5.74) is 1.17. The lowest BCUT2D eigenvalue weighted by Crippen LogP contribution is -2.11. The van der Waals surface area contributed by atoms with Gasteiger partial charge in [0.15, 0.2) is 0 Å². The molecular weight excluding hydrogens is 286 g/mol. The second-order valence-electron chi connectivity index (χ2n) is 3.50.